The zero-order valence-corrected chi connectivity index (χ0v) is 13.2. The van der Waals surface area contributed by atoms with Gasteiger partial charge in [-0.05, 0) is 62.8 Å². The summed E-state index contributed by atoms with van der Waals surface area (Å²) in [4.78, 5) is 0. The number of aryl methyl sites for hydroxylation is 1. The molecule has 2 aliphatic rings. The molecule has 1 aliphatic heterocycles. The van der Waals surface area contributed by atoms with Gasteiger partial charge in [-0.3, -0.25) is 0 Å². The maximum Gasteiger partial charge on any atom is 0.0383 e. The van der Waals surface area contributed by atoms with E-state index >= 15 is 0 Å². The summed E-state index contributed by atoms with van der Waals surface area (Å²) in [5.41, 5.74) is 2.64. The first kappa shape index (κ1) is 13.4. The van der Waals surface area contributed by atoms with Gasteiger partial charge in [-0.1, -0.05) is 28.4 Å². The van der Waals surface area contributed by atoms with Crippen LogP contribution in [-0.4, -0.2) is 18.6 Å². The van der Waals surface area contributed by atoms with Gasteiger partial charge in [-0.25, -0.2) is 0 Å². The van der Waals surface area contributed by atoms with Gasteiger partial charge in [0, 0.05) is 22.2 Å². The Bertz CT molecular complexity index is 440. The Morgan fingerprint density at radius 1 is 1.21 bits per heavy atom. The van der Waals surface area contributed by atoms with Crippen LogP contribution in [0.3, 0.4) is 0 Å². The second-order valence-electron chi connectivity index (χ2n) is 6.01. The maximum absolute atomic E-state index is 3.81. The molecule has 2 nitrogen and oxygen atoms in total. The Morgan fingerprint density at radius 2 is 2.11 bits per heavy atom. The summed E-state index contributed by atoms with van der Waals surface area (Å²) in [6.07, 6.45) is 6.77. The number of hydrogen-bond acceptors (Lipinski definition) is 2. The van der Waals surface area contributed by atoms with Gasteiger partial charge in [-0.2, -0.15) is 0 Å². The Hall–Kier alpha value is -0.540. The predicted octanol–water partition coefficient (Wildman–Crippen LogP) is 4.09. The molecular formula is C16H23BrN2. The van der Waals surface area contributed by atoms with Crippen LogP contribution < -0.4 is 10.6 Å². The summed E-state index contributed by atoms with van der Waals surface area (Å²) in [6, 6.07) is 7.90. The van der Waals surface area contributed by atoms with Crippen molar-refractivity contribution in [1.29, 1.82) is 0 Å². The largest absolute Gasteiger partial charge is 0.382 e. The van der Waals surface area contributed by atoms with Crippen LogP contribution in [0, 0.1) is 12.8 Å². The minimum atomic E-state index is 0.642. The molecular weight excluding hydrogens is 300 g/mol. The van der Waals surface area contributed by atoms with E-state index in [-0.39, 0.29) is 0 Å². The van der Waals surface area contributed by atoms with E-state index in [4.69, 9.17) is 0 Å². The molecule has 19 heavy (non-hydrogen) atoms. The number of rotatable bonds is 3. The molecule has 1 aliphatic carbocycles. The van der Waals surface area contributed by atoms with Crippen molar-refractivity contribution in [3.63, 3.8) is 0 Å². The highest BCUT2D eigenvalue weighted by atomic mass is 79.9. The number of benzene rings is 1. The first-order valence-electron chi connectivity index (χ1n) is 7.50. The second-order valence-corrected chi connectivity index (χ2v) is 6.92. The van der Waals surface area contributed by atoms with Crippen LogP contribution in [0.25, 0.3) is 0 Å². The molecule has 0 aromatic heterocycles. The Labute approximate surface area is 124 Å². The van der Waals surface area contributed by atoms with Crippen LogP contribution in [0.2, 0.25) is 0 Å². The van der Waals surface area contributed by atoms with Gasteiger partial charge in [-0.15, -0.1) is 0 Å². The molecule has 3 unspecified atom stereocenters. The molecule has 1 aromatic carbocycles. The van der Waals surface area contributed by atoms with Gasteiger partial charge in [0.15, 0.2) is 0 Å². The number of hydrogen-bond donors (Lipinski definition) is 2. The second kappa shape index (κ2) is 5.84. The van der Waals surface area contributed by atoms with Gasteiger partial charge in [0.2, 0.25) is 0 Å². The van der Waals surface area contributed by atoms with Crippen molar-refractivity contribution in [3.8, 4) is 0 Å². The molecule has 1 saturated heterocycles. The Morgan fingerprint density at radius 3 is 2.89 bits per heavy atom. The monoisotopic (exact) mass is 322 g/mol. The highest BCUT2D eigenvalue weighted by Gasteiger charge is 2.34. The Kier molecular flexibility index (Phi) is 4.13. The summed E-state index contributed by atoms with van der Waals surface area (Å²) < 4.78 is 1.16. The van der Waals surface area contributed by atoms with Gasteiger partial charge in [0.1, 0.15) is 0 Å². The number of anilines is 1. The van der Waals surface area contributed by atoms with Crippen molar-refractivity contribution in [2.24, 2.45) is 5.92 Å². The topological polar surface area (TPSA) is 24.1 Å². The molecule has 0 spiro atoms. The first-order valence-corrected chi connectivity index (χ1v) is 8.29. The summed E-state index contributed by atoms with van der Waals surface area (Å²) in [5, 5.41) is 7.50. The smallest absolute Gasteiger partial charge is 0.0383 e. The lowest BCUT2D eigenvalue weighted by Gasteiger charge is -2.28. The van der Waals surface area contributed by atoms with E-state index in [1.54, 1.807) is 0 Å². The van der Waals surface area contributed by atoms with Crippen molar-refractivity contribution >= 4 is 21.6 Å². The molecule has 3 rings (SSSR count). The van der Waals surface area contributed by atoms with Gasteiger partial charge >= 0.3 is 0 Å². The van der Waals surface area contributed by atoms with E-state index < -0.39 is 0 Å². The fraction of sp³-hybridized carbons (Fsp3) is 0.625. The third kappa shape index (κ3) is 2.97. The molecule has 1 heterocycles. The van der Waals surface area contributed by atoms with Crippen LogP contribution in [0.4, 0.5) is 5.69 Å². The fourth-order valence-electron chi connectivity index (χ4n) is 3.68. The standard InChI is InChI=1S/C16H23BrN2/c1-11-7-8-12(17)10-16(11)19-15-5-2-4-13(15)14-6-3-9-18-14/h7-8,10,13-15,18-19H,2-6,9H2,1H3. The highest BCUT2D eigenvalue weighted by Crippen LogP contribution is 2.34. The molecule has 3 atom stereocenters. The minimum absolute atomic E-state index is 0.642. The lowest BCUT2D eigenvalue weighted by Crippen LogP contribution is -2.38. The Balaban J connectivity index is 1.72. The summed E-state index contributed by atoms with van der Waals surface area (Å²) >= 11 is 3.57. The molecule has 1 saturated carbocycles. The van der Waals surface area contributed by atoms with Crippen molar-refractivity contribution in [2.45, 2.75) is 51.1 Å². The molecule has 104 valence electrons. The van der Waals surface area contributed by atoms with E-state index in [2.05, 4.69) is 51.7 Å². The van der Waals surface area contributed by atoms with Crippen LogP contribution in [0.5, 0.6) is 0 Å². The maximum atomic E-state index is 3.81. The molecule has 0 bridgehead atoms. The van der Waals surface area contributed by atoms with Crippen LogP contribution >= 0.6 is 15.9 Å². The van der Waals surface area contributed by atoms with E-state index in [1.807, 2.05) is 0 Å². The molecule has 0 amide bonds. The zero-order valence-electron chi connectivity index (χ0n) is 11.6. The molecule has 2 fully saturated rings. The average Bonchev–Trinajstić information content (AvgIpc) is 3.03. The highest BCUT2D eigenvalue weighted by molar-refractivity contribution is 9.10. The van der Waals surface area contributed by atoms with Crippen LogP contribution in [-0.2, 0) is 0 Å². The summed E-state index contributed by atoms with van der Waals surface area (Å²) in [6.45, 7) is 3.40. The third-order valence-electron chi connectivity index (χ3n) is 4.73. The number of nitrogens with one attached hydrogen (secondary N) is 2. The van der Waals surface area contributed by atoms with Gasteiger partial charge < -0.3 is 10.6 Å². The lowest BCUT2D eigenvalue weighted by atomic mass is 9.93. The first-order chi connectivity index (χ1) is 9.24. The molecule has 2 N–H and O–H groups in total. The van der Waals surface area contributed by atoms with Crippen molar-refractivity contribution in [2.75, 3.05) is 11.9 Å². The fourth-order valence-corrected chi connectivity index (χ4v) is 4.04. The molecule has 1 aromatic rings. The summed E-state index contributed by atoms with van der Waals surface area (Å²) in [7, 11) is 0. The average molecular weight is 323 g/mol. The van der Waals surface area contributed by atoms with Crippen LogP contribution in [0.1, 0.15) is 37.7 Å². The summed E-state index contributed by atoms with van der Waals surface area (Å²) in [5.74, 6) is 0.806. The van der Waals surface area contributed by atoms with E-state index in [0.29, 0.717) is 6.04 Å². The van der Waals surface area contributed by atoms with E-state index in [1.165, 1.54) is 49.9 Å². The van der Waals surface area contributed by atoms with Crippen molar-refractivity contribution in [1.82, 2.24) is 5.32 Å². The molecule has 0 radical (unpaired) electrons. The minimum Gasteiger partial charge on any atom is -0.382 e. The van der Waals surface area contributed by atoms with Crippen molar-refractivity contribution < 1.29 is 0 Å². The third-order valence-corrected chi connectivity index (χ3v) is 5.22. The number of halogens is 1. The SMILES string of the molecule is Cc1ccc(Br)cc1NC1CCCC1C1CCCN1. The lowest BCUT2D eigenvalue weighted by molar-refractivity contribution is 0.376. The predicted molar refractivity (Wildman–Crippen MR) is 84.7 cm³/mol. The van der Waals surface area contributed by atoms with Gasteiger partial charge in [0.25, 0.3) is 0 Å². The van der Waals surface area contributed by atoms with Crippen LogP contribution in [0.15, 0.2) is 22.7 Å². The quantitative estimate of drug-likeness (QED) is 0.875. The van der Waals surface area contributed by atoms with E-state index in [0.717, 1.165) is 16.4 Å². The zero-order chi connectivity index (χ0) is 13.2. The van der Waals surface area contributed by atoms with E-state index in [9.17, 15) is 0 Å². The normalized spacial score (nSPS) is 30.7. The van der Waals surface area contributed by atoms with Gasteiger partial charge in [0.05, 0.1) is 0 Å². The van der Waals surface area contributed by atoms with Crippen molar-refractivity contribution in [3.05, 3.63) is 28.2 Å². The molecule has 3 heteroatoms.